The Kier molecular flexibility index (Phi) is 7.27. The summed E-state index contributed by atoms with van der Waals surface area (Å²) in [6.45, 7) is 11.9. The van der Waals surface area contributed by atoms with Crippen LogP contribution >= 0.6 is 0 Å². The standard InChI is InChI=1S/C27H38O6/c1-16(2)13-23(29)33-22-15-18(5)14-21(32-25(30)19-7-9-20(28)10-8-19)24-26(22,6)11-12-27(24,31)17(3)4/h7-10,15-17,21-22,24,28,31H,11-14H2,1-6H3/t21-,22+,24-,26+,27+/m1/s1. The largest absolute Gasteiger partial charge is 0.508 e. The van der Waals surface area contributed by atoms with Crippen LogP contribution in [0.15, 0.2) is 35.9 Å². The van der Waals surface area contributed by atoms with Crippen molar-refractivity contribution in [3.63, 3.8) is 0 Å². The van der Waals surface area contributed by atoms with Gasteiger partial charge in [-0.3, -0.25) is 4.79 Å². The van der Waals surface area contributed by atoms with Crippen LogP contribution in [-0.4, -0.2) is 40.0 Å². The molecule has 6 nitrogen and oxygen atoms in total. The van der Waals surface area contributed by atoms with Gasteiger partial charge in [0.05, 0.1) is 11.2 Å². The normalized spacial score (nSPS) is 31.7. The molecule has 0 radical (unpaired) electrons. The molecule has 1 fully saturated rings. The first-order chi connectivity index (χ1) is 15.4. The molecule has 0 spiro atoms. The average Bonchev–Trinajstić information content (AvgIpc) is 2.94. The maximum atomic E-state index is 13.0. The molecule has 3 rings (SSSR count). The molecule has 0 unspecified atom stereocenters. The molecule has 2 aliphatic carbocycles. The lowest BCUT2D eigenvalue weighted by Gasteiger charge is -2.45. The van der Waals surface area contributed by atoms with Crippen LogP contribution in [0.4, 0.5) is 0 Å². The first kappa shape index (κ1) is 25.3. The van der Waals surface area contributed by atoms with Crippen molar-refractivity contribution in [3.8, 4) is 5.75 Å². The van der Waals surface area contributed by atoms with Crippen molar-refractivity contribution in [1.82, 2.24) is 0 Å². The summed E-state index contributed by atoms with van der Waals surface area (Å²) in [6, 6.07) is 5.94. The lowest BCUT2D eigenvalue weighted by atomic mass is 9.66. The molecule has 2 N–H and O–H groups in total. The summed E-state index contributed by atoms with van der Waals surface area (Å²) in [5, 5.41) is 21.4. The summed E-state index contributed by atoms with van der Waals surface area (Å²) >= 11 is 0. The number of carbonyl (C=O) groups is 2. The number of phenols is 1. The molecule has 5 atom stereocenters. The van der Waals surface area contributed by atoms with Gasteiger partial charge >= 0.3 is 11.9 Å². The minimum absolute atomic E-state index is 0.0652. The smallest absolute Gasteiger partial charge is 0.338 e. The second kappa shape index (κ2) is 9.49. The van der Waals surface area contributed by atoms with Gasteiger partial charge in [0.2, 0.25) is 0 Å². The molecule has 6 heteroatoms. The van der Waals surface area contributed by atoms with Gasteiger partial charge in [-0.25, -0.2) is 4.79 Å². The van der Waals surface area contributed by atoms with Gasteiger partial charge in [-0.2, -0.15) is 0 Å². The van der Waals surface area contributed by atoms with Gasteiger partial charge in [-0.1, -0.05) is 40.2 Å². The molecule has 0 aliphatic heterocycles. The number of aromatic hydroxyl groups is 1. The Labute approximate surface area is 197 Å². The van der Waals surface area contributed by atoms with Crippen molar-refractivity contribution < 1.29 is 29.3 Å². The molecule has 0 aromatic heterocycles. The van der Waals surface area contributed by atoms with Gasteiger partial charge in [0.15, 0.2) is 0 Å². The monoisotopic (exact) mass is 458 g/mol. The Hall–Kier alpha value is -2.34. The Bertz CT molecular complexity index is 902. The van der Waals surface area contributed by atoms with E-state index in [2.05, 4.69) is 0 Å². The first-order valence-electron chi connectivity index (χ1n) is 12.0. The maximum absolute atomic E-state index is 13.0. The topological polar surface area (TPSA) is 93.1 Å². The van der Waals surface area contributed by atoms with E-state index in [1.54, 1.807) is 0 Å². The summed E-state index contributed by atoms with van der Waals surface area (Å²) in [5.41, 5.74) is -0.340. The predicted octanol–water partition coefficient (Wildman–Crippen LogP) is 5.03. The Balaban J connectivity index is 1.97. The fourth-order valence-electron chi connectivity index (χ4n) is 5.62. The van der Waals surface area contributed by atoms with Crippen LogP contribution in [-0.2, 0) is 14.3 Å². The SMILES string of the molecule is CC1=C[C@H](OC(=O)CC(C)C)[C@]2(C)CC[C@](O)(C(C)C)[C@@H]2[C@H](OC(=O)c2ccc(O)cc2)C1. The van der Waals surface area contributed by atoms with Gasteiger partial charge < -0.3 is 19.7 Å². The van der Waals surface area contributed by atoms with Crippen LogP contribution in [0.25, 0.3) is 0 Å². The minimum Gasteiger partial charge on any atom is -0.508 e. The number of aliphatic hydroxyl groups is 1. The fraction of sp³-hybridized carbons (Fsp3) is 0.630. The van der Waals surface area contributed by atoms with E-state index in [-0.39, 0.29) is 23.6 Å². The third kappa shape index (κ3) is 5.11. The van der Waals surface area contributed by atoms with E-state index in [1.165, 1.54) is 24.3 Å². The Morgan fingerprint density at radius 3 is 2.30 bits per heavy atom. The summed E-state index contributed by atoms with van der Waals surface area (Å²) in [5.74, 6) is -0.960. The molecule has 33 heavy (non-hydrogen) atoms. The molecule has 1 saturated carbocycles. The van der Waals surface area contributed by atoms with Crippen LogP contribution in [0.2, 0.25) is 0 Å². The molecule has 182 valence electrons. The van der Waals surface area contributed by atoms with E-state index in [9.17, 15) is 19.8 Å². The number of carbonyl (C=O) groups excluding carboxylic acids is 2. The highest BCUT2D eigenvalue weighted by Crippen LogP contribution is 2.58. The third-order valence-electron chi connectivity index (χ3n) is 7.49. The second-order valence-electron chi connectivity index (χ2n) is 10.8. The molecule has 0 saturated heterocycles. The van der Waals surface area contributed by atoms with Crippen molar-refractivity contribution in [2.45, 2.75) is 85.0 Å². The third-order valence-corrected chi connectivity index (χ3v) is 7.49. The molecule has 0 bridgehead atoms. The summed E-state index contributed by atoms with van der Waals surface area (Å²) < 4.78 is 12.0. The zero-order chi connectivity index (χ0) is 24.6. The fourth-order valence-corrected chi connectivity index (χ4v) is 5.62. The van der Waals surface area contributed by atoms with Crippen LogP contribution in [0.5, 0.6) is 5.75 Å². The van der Waals surface area contributed by atoms with E-state index in [1.807, 2.05) is 47.6 Å². The van der Waals surface area contributed by atoms with Crippen molar-refractivity contribution in [1.29, 1.82) is 0 Å². The van der Waals surface area contributed by atoms with Crippen LogP contribution in [0.1, 0.15) is 77.6 Å². The summed E-state index contributed by atoms with van der Waals surface area (Å²) in [4.78, 5) is 25.6. The van der Waals surface area contributed by atoms with Crippen molar-refractivity contribution >= 4 is 11.9 Å². The van der Waals surface area contributed by atoms with E-state index in [0.29, 0.717) is 31.2 Å². The number of hydrogen-bond donors (Lipinski definition) is 2. The quantitative estimate of drug-likeness (QED) is 0.459. The number of benzene rings is 1. The van der Waals surface area contributed by atoms with Gasteiger partial charge in [0.25, 0.3) is 0 Å². The predicted molar refractivity (Wildman–Crippen MR) is 126 cm³/mol. The number of fused-ring (bicyclic) bond motifs is 1. The highest BCUT2D eigenvalue weighted by Gasteiger charge is 2.63. The van der Waals surface area contributed by atoms with Crippen LogP contribution < -0.4 is 0 Å². The molecule has 1 aromatic carbocycles. The Morgan fingerprint density at radius 1 is 1.09 bits per heavy atom. The van der Waals surface area contributed by atoms with Crippen LogP contribution in [0, 0.1) is 23.2 Å². The van der Waals surface area contributed by atoms with Gasteiger partial charge in [-0.15, -0.1) is 0 Å². The maximum Gasteiger partial charge on any atom is 0.338 e. The lowest BCUT2D eigenvalue weighted by Crippen LogP contribution is -2.53. The number of rotatable bonds is 6. The molecular weight excluding hydrogens is 420 g/mol. The van der Waals surface area contributed by atoms with E-state index < -0.39 is 35.1 Å². The summed E-state index contributed by atoms with van der Waals surface area (Å²) in [7, 11) is 0. The first-order valence-corrected chi connectivity index (χ1v) is 12.0. The van der Waals surface area contributed by atoms with E-state index in [0.717, 1.165) is 5.57 Å². The number of phenolic OH excluding ortho intramolecular Hbond substituents is 1. The van der Waals surface area contributed by atoms with Crippen LogP contribution in [0.3, 0.4) is 0 Å². The van der Waals surface area contributed by atoms with Crippen molar-refractivity contribution in [2.75, 3.05) is 0 Å². The Morgan fingerprint density at radius 2 is 1.73 bits per heavy atom. The number of hydrogen-bond acceptors (Lipinski definition) is 6. The molecule has 1 aromatic rings. The molecule has 0 heterocycles. The molecular formula is C27H38O6. The number of esters is 2. The zero-order valence-corrected chi connectivity index (χ0v) is 20.6. The van der Waals surface area contributed by atoms with E-state index >= 15 is 0 Å². The lowest BCUT2D eigenvalue weighted by molar-refractivity contribution is -0.164. The highest BCUT2D eigenvalue weighted by molar-refractivity contribution is 5.89. The average molecular weight is 459 g/mol. The van der Waals surface area contributed by atoms with Crippen molar-refractivity contribution in [3.05, 3.63) is 41.5 Å². The molecule has 2 aliphatic rings. The van der Waals surface area contributed by atoms with Crippen molar-refractivity contribution in [2.24, 2.45) is 23.2 Å². The molecule has 0 amide bonds. The second-order valence-corrected chi connectivity index (χ2v) is 10.8. The summed E-state index contributed by atoms with van der Waals surface area (Å²) in [6.07, 6.45) is 2.89. The zero-order valence-electron chi connectivity index (χ0n) is 20.6. The number of ether oxygens (including phenoxy) is 2. The van der Waals surface area contributed by atoms with Gasteiger partial charge in [0.1, 0.15) is 18.0 Å². The van der Waals surface area contributed by atoms with Gasteiger partial charge in [-0.05, 0) is 61.9 Å². The van der Waals surface area contributed by atoms with Gasteiger partial charge in [0, 0.05) is 24.2 Å². The highest BCUT2D eigenvalue weighted by atomic mass is 16.6. The van der Waals surface area contributed by atoms with E-state index in [4.69, 9.17) is 9.47 Å². The minimum atomic E-state index is -1.06.